The van der Waals surface area contributed by atoms with Crippen LogP contribution in [0.2, 0.25) is 0 Å². The molecule has 0 spiro atoms. The minimum Gasteiger partial charge on any atom is -0.467 e. The van der Waals surface area contributed by atoms with Crippen molar-refractivity contribution in [3.05, 3.63) is 52.1 Å². The van der Waals surface area contributed by atoms with Crippen LogP contribution in [0.1, 0.15) is 36.9 Å². The maximum atomic E-state index is 12.0. The number of hydrogen-bond donors (Lipinski definition) is 1. The number of aromatic nitrogens is 2. The summed E-state index contributed by atoms with van der Waals surface area (Å²) in [4.78, 5) is 23.2. The Morgan fingerprint density at radius 2 is 1.93 bits per heavy atom. The van der Waals surface area contributed by atoms with Crippen LogP contribution in [0.4, 0.5) is 5.95 Å². The van der Waals surface area contributed by atoms with E-state index in [0.717, 1.165) is 41.7 Å². The summed E-state index contributed by atoms with van der Waals surface area (Å²) < 4.78 is 6.31. The lowest BCUT2D eigenvalue weighted by molar-refractivity contribution is -0.123. The van der Waals surface area contributed by atoms with E-state index in [1.165, 1.54) is 19.1 Å². The minimum atomic E-state index is -0.362. The minimum absolute atomic E-state index is 0.173. The standard InChI is InChI=1S/C22H26BrN5O2/c1-17-13-21(26-22(25-17)28-11-7-2-3-8-12-28)30-16-20(29)27-24-15-19(23)14-18-9-5-4-6-10-18/h4-6,9-10,13-15H,2-3,7-8,11-12,16H2,1H3,(H,27,29). The summed E-state index contributed by atoms with van der Waals surface area (Å²) in [5, 5.41) is 3.94. The third-order valence-corrected chi connectivity index (χ3v) is 4.97. The molecule has 0 saturated carbocycles. The Morgan fingerprint density at radius 3 is 2.67 bits per heavy atom. The first-order valence-corrected chi connectivity index (χ1v) is 10.9. The maximum Gasteiger partial charge on any atom is 0.278 e. The van der Waals surface area contributed by atoms with Crippen LogP contribution >= 0.6 is 15.9 Å². The highest BCUT2D eigenvalue weighted by Crippen LogP contribution is 2.19. The number of nitrogens with one attached hydrogen (secondary N) is 1. The Morgan fingerprint density at radius 1 is 1.20 bits per heavy atom. The van der Waals surface area contributed by atoms with E-state index in [0.29, 0.717) is 11.8 Å². The molecule has 0 aliphatic carbocycles. The van der Waals surface area contributed by atoms with Gasteiger partial charge >= 0.3 is 0 Å². The Labute approximate surface area is 185 Å². The highest BCUT2D eigenvalue weighted by Gasteiger charge is 2.14. The van der Waals surface area contributed by atoms with Gasteiger partial charge in [0.2, 0.25) is 11.8 Å². The van der Waals surface area contributed by atoms with Gasteiger partial charge in [0.25, 0.3) is 5.91 Å². The van der Waals surface area contributed by atoms with Gasteiger partial charge in [-0.25, -0.2) is 10.4 Å². The first-order chi connectivity index (χ1) is 14.6. The first kappa shape index (κ1) is 22.0. The lowest BCUT2D eigenvalue weighted by atomic mass is 10.2. The number of nitrogens with zero attached hydrogens (tertiary/aromatic N) is 4. The van der Waals surface area contributed by atoms with E-state index in [2.05, 4.69) is 41.3 Å². The van der Waals surface area contributed by atoms with Crippen LogP contribution in [0.5, 0.6) is 5.88 Å². The SMILES string of the molecule is Cc1cc(OCC(=O)NN=CC(Br)=Cc2ccccc2)nc(N2CCCCCC2)n1. The van der Waals surface area contributed by atoms with Gasteiger partial charge in [0.05, 0.1) is 6.21 Å². The average molecular weight is 472 g/mol. The fourth-order valence-electron chi connectivity index (χ4n) is 3.09. The molecule has 1 amide bonds. The summed E-state index contributed by atoms with van der Waals surface area (Å²) in [7, 11) is 0. The molecule has 2 heterocycles. The lowest BCUT2D eigenvalue weighted by Crippen LogP contribution is -2.27. The summed E-state index contributed by atoms with van der Waals surface area (Å²) in [6.07, 6.45) is 8.19. The molecule has 1 saturated heterocycles. The molecule has 2 aromatic rings. The highest BCUT2D eigenvalue weighted by molar-refractivity contribution is 9.12. The molecular formula is C22H26BrN5O2. The third kappa shape index (κ3) is 7.26. The molecule has 1 N–H and O–H groups in total. The van der Waals surface area contributed by atoms with Crippen LogP contribution in [-0.2, 0) is 4.79 Å². The molecule has 3 rings (SSSR count). The van der Waals surface area contributed by atoms with Crippen molar-refractivity contribution in [3.8, 4) is 5.88 Å². The van der Waals surface area contributed by atoms with Gasteiger partial charge in [-0.1, -0.05) is 43.2 Å². The number of carbonyl (C=O) groups is 1. The van der Waals surface area contributed by atoms with E-state index in [9.17, 15) is 4.79 Å². The molecule has 8 heteroatoms. The van der Waals surface area contributed by atoms with Crippen molar-refractivity contribution in [1.82, 2.24) is 15.4 Å². The topological polar surface area (TPSA) is 79.7 Å². The van der Waals surface area contributed by atoms with E-state index >= 15 is 0 Å². The number of benzene rings is 1. The summed E-state index contributed by atoms with van der Waals surface area (Å²) in [6, 6.07) is 11.5. The zero-order valence-electron chi connectivity index (χ0n) is 17.1. The molecule has 0 atom stereocenters. The first-order valence-electron chi connectivity index (χ1n) is 10.1. The summed E-state index contributed by atoms with van der Waals surface area (Å²) in [5.74, 6) is 0.699. The Hall–Kier alpha value is -2.74. The van der Waals surface area contributed by atoms with Crippen LogP contribution in [0, 0.1) is 6.92 Å². The summed E-state index contributed by atoms with van der Waals surface area (Å²) in [6.45, 7) is 3.62. The van der Waals surface area contributed by atoms with Gasteiger partial charge in [0.15, 0.2) is 6.61 Å². The number of halogens is 1. The number of rotatable bonds is 7. The molecular weight excluding hydrogens is 446 g/mol. The average Bonchev–Trinajstić information content (AvgIpc) is 3.02. The maximum absolute atomic E-state index is 12.0. The molecule has 0 bridgehead atoms. The molecule has 1 aliphatic heterocycles. The summed E-state index contributed by atoms with van der Waals surface area (Å²) in [5.41, 5.74) is 4.30. The van der Waals surface area contributed by atoms with E-state index in [-0.39, 0.29) is 12.5 Å². The van der Waals surface area contributed by atoms with Crippen LogP contribution in [-0.4, -0.2) is 41.8 Å². The zero-order chi connectivity index (χ0) is 21.2. The highest BCUT2D eigenvalue weighted by atomic mass is 79.9. The monoisotopic (exact) mass is 471 g/mol. The van der Waals surface area contributed by atoms with Gasteiger partial charge in [0.1, 0.15) is 0 Å². The molecule has 7 nitrogen and oxygen atoms in total. The van der Waals surface area contributed by atoms with Crippen LogP contribution < -0.4 is 15.1 Å². The number of ether oxygens (including phenoxy) is 1. The number of amides is 1. The third-order valence-electron chi connectivity index (χ3n) is 4.54. The predicted molar refractivity (Wildman–Crippen MR) is 123 cm³/mol. The summed E-state index contributed by atoms with van der Waals surface area (Å²) >= 11 is 3.41. The largest absolute Gasteiger partial charge is 0.467 e. The molecule has 1 aromatic carbocycles. The number of hydrazone groups is 1. The van der Waals surface area contributed by atoms with Crippen LogP contribution in [0.3, 0.4) is 0 Å². The fraction of sp³-hybridized carbons (Fsp3) is 0.364. The number of allylic oxidation sites excluding steroid dienone is 1. The van der Waals surface area contributed by atoms with E-state index in [1.54, 1.807) is 6.07 Å². The molecule has 158 valence electrons. The normalized spacial score (nSPS) is 15.1. The second-order valence-electron chi connectivity index (χ2n) is 7.07. The Balaban J connectivity index is 1.51. The molecule has 0 radical (unpaired) electrons. The Bertz CT molecular complexity index is 894. The van der Waals surface area contributed by atoms with Gasteiger partial charge in [-0.15, -0.1) is 0 Å². The molecule has 1 aromatic heterocycles. The lowest BCUT2D eigenvalue weighted by Gasteiger charge is -2.20. The van der Waals surface area contributed by atoms with Crippen molar-refractivity contribution < 1.29 is 9.53 Å². The van der Waals surface area contributed by atoms with Crippen molar-refractivity contribution in [2.45, 2.75) is 32.6 Å². The molecule has 1 aliphatic rings. The van der Waals surface area contributed by atoms with Crippen molar-refractivity contribution in [2.75, 3.05) is 24.6 Å². The van der Waals surface area contributed by atoms with Crippen molar-refractivity contribution in [3.63, 3.8) is 0 Å². The fourth-order valence-corrected chi connectivity index (χ4v) is 3.46. The van der Waals surface area contributed by atoms with Gasteiger partial charge in [-0.2, -0.15) is 10.1 Å². The molecule has 1 fully saturated rings. The van der Waals surface area contributed by atoms with Gasteiger partial charge in [-0.05, 0) is 47.3 Å². The predicted octanol–water partition coefficient (Wildman–Crippen LogP) is 4.08. The Kier molecular flexibility index (Phi) is 8.38. The van der Waals surface area contributed by atoms with E-state index in [4.69, 9.17) is 4.74 Å². The van der Waals surface area contributed by atoms with Gasteiger partial charge in [0, 0.05) is 29.3 Å². The van der Waals surface area contributed by atoms with Gasteiger partial charge in [-0.3, -0.25) is 4.79 Å². The number of hydrogen-bond acceptors (Lipinski definition) is 6. The smallest absolute Gasteiger partial charge is 0.278 e. The van der Waals surface area contributed by atoms with Crippen molar-refractivity contribution in [2.24, 2.45) is 5.10 Å². The quantitative estimate of drug-likeness (QED) is 0.485. The number of anilines is 1. The molecule has 0 unspecified atom stereocenters. The van der Waals surface area contributed by atoms with Crippen molar-refractivity contribution >= 4 is 40.1 Å². The van der Waals surface area contributed by atoms with Gasteiger partial charge < -0.3 is 9.64 Å². The zero-order valence-corrected chi connectivity index (χ0v) is 18.6. The number of aryl methyl sites for hydroxylation is 1. The van der Waals surface area contributed by atoms with Crippen LogP contribution in [0.15, 0.2) is 46.0 Å². The molecule has 30 heavy (non-hydrogen) atoms. The van der Waals surface area contributed by atoms with E-state index < -0.39 is 0 Å². The second-order valence-corrected chi connectivity index (χ2v) is 7.99. The number of carbonyl (C=O) groups excluding carboxylic acids is 1. The van der Waals surface area contributed by atoms with Crippen molar-refractivity contribution in [1.29, 1.82) is 0 Å². The van der Waals surface area contributed by atoms with Crippen LogP contribution in [0.25, 0.3) is 6.08 Å². The van der Waals surface area contributed by atoms with E-state index in [1.807, 2.05) is 43.3 Å². The second kappa shape index (κ2) is 11.4.